The lowest BCUT2D eigenvalue weighted by Gasteiger charge is -2.32. The van der Waals surface area contributed by atoms with Crippen molar-refractivity contribution in [3.63, 3.8) is 0 Å². The number of methoxy groups -OCH3 is 1. The van der Waals surface area contributed by atoms with E-state index in [9.17, 15) is 9.59 Å². The Morgan fingerprint density at radius 2 is 1.88 bits per heavy atom. The Morgan fingerprint density at radius 3 is 2.48 bits per heavy atom. The van der Waals surface area contributed by atoms with Crippen molar-refractivity contribution >= 4 is 11.9 Å². The molecule has 0 bridgehead atoms. The molecule has 6 heteroatoms. The Balaban J connectivity index is 1.64. The molecule has 0 radical (unpaired) electrons. The summed E-state index contributed by atoms with van der Waals surface area (Å²) in [6.07, 6.45) is 5.88. The normalized spacial score (nSPS) is 22.9. The molecule has 1 aromatic rings. The minimum atomic E-state index is -0.888. The summed E-state index contributed by atoms with van der Waals surface area (Å²) in [7, 11) is 1.61. The van der Waals surface area contributed by atoms with Crippen LogP contribution in [0.25, 0.3) is 0 Å². The number of hydrogen-bond donors (Lipinski definition) is 2. The molecule has 6 nitrogen and oxygen atoms in total. The minimum Gasteiger partial charge on any atom is -0.497 e. The molecule has 2 unspecified atom stereocenters. The highest BCUT2D eigenvalue weighted by Gasteiger charge is 2.41. The zero-order valence-electron chi connectivity index (χ0n) is 14.5. The molecule has 2 aliphatic rings. The zero-order valence-corrected chi connectivity index (χ0v) is 14.5. The van der Waals surface area contributed by atoms with Crippen molar-refractivity contribution in [2.75, 3.05) is 7.11 Å². The number of amides is 1. The van der Waals surface area contributed by atoms with Gasteiger partial charge in [-0.05, 0) is 50.7 Å². The molecule has 2 saturated carbocycles. The highest BCUT2D eigenvalue weighted by atomic mass is 16.5. The van der Waals surface area contributed by atoms with E-state index >= 15 is 0 Å². The first kappa shape index (κ1) is 17.6. The third kappa shape index (κ3) is 4.06. The second-order valence-corrected chi connectivity index (χ2v) is 6.84. The van der Waals surface area contributed by atoms with E-state index in [1.54, 1.807) is 7.11 Å². The average molecular weight is 347 g/mol. The average Bonchev–Trinajstić information content (AvgIpc) is 3.05. The van der Waals surface area contributed by atoms with Crippen molar-refractivity contribution < 1.29 is 24.2 Å². The third-order valence-electron chi connectivity index (χ3n) is 5.25. The van der Waals surface area contributed by atoms with E-state index in [0.717, 1.165) is 24.2 Å². The third-order valence-corrected chi connectivity index (χ3v) is 5.25. The molecule has 25 heavy (non-hydrogen) atoms. The first-order valence-electron chi connectivity index (χ1n) is 8.92. The van der Waals surface area contributed by atoms with Gasteiger partial charge in [0.25, 0.3) is 0 Å². The summed E-state index contributed by atoms with van der Waals surface area (Å²) in [6, 6.07) is 5.58. The van der Waals surface area contributed by atoms with Crippen molar-refractivity contribution in [2.24, 2.45) is 11.8 Å². The van der Waals surface area contributed by atoms with Crippen molar-refractivity contribution in [1.82, 2.24) is 5.32 Å². The van der Waals surface area contributed by atoms with Crippen LogP contribution in [0.3, 0.4) is 0 Å². The number of carboxylic acid groups (broad SMARTS) is 1. The van der Waals surface area contributed by atoms with Crippen LogP contribution in [0.2, 0.25) is 0 Å². The lowest BCUT2D eigenvalue weighted by Crippen LogP contribution is -2.43. The smallest absolute Gasteiger partial charge is 0.307 e. The molecule has 2 aliphatic carbocycles. The van der Waals surface area contributed by atoms with Crippen molar-refractivity contribution in [2.45, 2.75) is 51.2 Å². The molecule has 0 aromatic heterocycles. The van der Waals surface area contributed by atoms with Gasteiger partial charge in [-0.1, -0.05) is 0 Å². The number of ether oxygens (including phenoxy) is 2. The van der Waals surface area contributed by atoms with Gasteiger partial charge in [-0.25, -0.2) is 0 Å². The Hall–Kier alpha value is -2.24. The van der Waals surface area contributed by atoms with Crippen molar-refractivity contribution in [1.29, 1.82) is 0 Å². The quantitative estimate of drug-likeness (QED) is 0.792. The molecule has 0 aliphatic heterocycles. The summed E-state index contributed by atoms with van der Waals surface area (Å²) >= 11 is 0. The van der Waals surface area contributed by atoms with Gasteiger partial charge in [0.2, 0.25) is 5.91 Å². The molecule has 0 heterocycles. The number of rotatable bonds is 7. The van der Waals surface area contributed by atoms with Crippen LogP contribution in [0.1, 0.15) is 44.1 Å². The number of carbonyl (C=O) groups is 2. The summed E-state index contributed by atoms with van der Waals surface area (Å²) in [5.74, 6) is -0.606. The molecule has 2 N–H and O–H groups in total. The number of benzene rings is 1. The van der Waals surface area contributed by atoms with E-state index in [4.69, 9.17) is 14.6 Å². The topological polar surface area (TPSA) is 84.9 Å². The molecule has 1 aromatic carbocycles. The highest BCUT2D eigenvalue weighted by molar-refractivity contribution is 5.86. The first-order valence-corrected chi connectivity index (χ1v) is 8.92. The fourth-order valence-electron chi connectivity index (χ4n) is 3.53. The summed E-state index contributed by atoms with van der Waals surface area (Å²) in [6.45, 7) is 0.327. The van der Waals surface area contributed by atoms with Crippen LogP contribution in [0.15, 0.2) is 18.2 Å². The van der Waals surface area contributed by atoms with Gasteiger partial charge in [-0.3, -0.25) is 9.59 Å². The zero-order chi connectivity index (χ0) is 17.8. The number of carbonyl (C=O) groups excluding carboxylic acids is 1. The van der Waals surface area contributed by atoms with Gasteiger partial charge in [0.1, 0.15) is 11.5 Å². The molecule has 1 amide bonds. The van der Waals surface area contributed by atoms with E-state index in [1.807, 2.05) is 18.2 Å². The molecular formula is C19H25NO5. The van der Waals surface area contributed by atoms with Crippen LogP contribution < -0.4 is 14.8 Å². The van der Waals surface area contributed by atoms with Crippen LogP contribution in [0.5, 0.6) is 11.5 Å². The van der Waals surface area contributed by atoms with Gasteiger partial charge >= 0.3 is 5.97 Å². The largest absolute Gasteiger partial charge is 0.497 e. The Morgan fingerprint density at radius 1 is 1.16 bits per heavy atom. The predicted octanol–water partition coefficient (Wildman–Crippen LogP) is 2.74. The molecular weight excluding hydrogens is 322 g/mol. The van der Waals surface area contributed by atoms with Gasteiger partial charge < -0.3 is 19.9 Å². The van der Waals surface area contributed by atoms with E-state index in [1.165, 1.54) is 12.8 Å². The maximum Gasteiger partial charge on any atom is 0.307 e. The number of carboxylic acids is 1. The second-order valence-electron chi connectivity index (χ2n) is 6.84. The second kappa shape index (κ2) is 7.76. The maximum atomic E-state index is 12.3. The summed E-state index contributed by atoms with van der Waals surface area (Å²) in [5.41, 5.74) is 0.882. The van der Waals surface area contributed by atoms with Crippen LogP contribution in [-0.2, 0) is 16.1 Å². The molecule has 2 fully saturated rings. The minimum absolute atomic E-state index is 0.193. The van der Waals surface area contributed by atoms with E-state index in [2.05, 4.69) is 5.32 Å². The standard InChI is InChI=1S/C19H25NO5/c1-24-14-7-6-12(17(10-14)25-13-4-2-3-5-13)11-20-18(21)15-8-9-16(15)19(22)23/h6-7,10,13,15-16H,2-5,8-9,11H2,1H3,(H,20,21)(H,22,23). The molecule has 2 atom stereocenters. The van der Waals surface area contributed by atoms with E-state index in [0.29, 0.717) is 25.1 Å². The van der Waals surface area contributed by atoms with Crippen molar-refractivity contribution in [3.8, 4) is 11.5 Å². The van der Waals surface area contributed by atoms with Gasteiger partial charge in [-0.2, -0.15) is 0 Å². The summed E-state index contributed by atoms with van der Waals surface area (Å²) < 4.78 is 11.4. The van der Waals surface area contributed by atoms with Gasteiger partial charge in [0, 0.05) is 18.2 Å². The van der Waals surface area contributed by atoms with Crippen LogP contribution in [-0.4, -0.2) is 30.2 Å². The van der Waals surface area contributed by atoms with Crippen LogP contribution in [0.4, 0.5) is 0 Å². The van der Waals surface area contributed by atoms with Crippen LogP contribution >= 0.6 is 0 Å². The molecule has 0 spiro atoms. The van der Waals surface area contributed by atoms with E-state index < -0.39 is 17.8 Å². The van der Waals surface area contributed by atoms with E-state index in [-0.39, 0.29) is 12.0 Å². The Kier molecular flexibility index (Phi) is 5.46. The Labute approximate surface area is 147 Å². The number of aliphatic carboxylic acids is 1. The van der Waals surface area contributed by atoms with Crippen molar-refractivity contribution in [3.05, 3.63) is 23.8 Å². The molecule has 136 valence electrons. The lowest BCUT2D eigenvalue weighted by molar-refractivity contribution is -0.152. The lowest BCUT2D eigenvalue weighted by atomic mass is 9.73. The monoisotopic (exact) mass is 347 g/mol. The molecule has 0 saturated heterocycles. The number of nitrogens with one attached hydrogen (secondary N) is 1. The van der Waals surface area contributed by atoms with Gasteiger partial charge in [-0.15, -0.1) is 0 Å². The summed E-state index contributed by atoms with van der Waals surface area (Å²) in [4.78, 5) is 23.3. The summed E-state index contributed by atoms with van der Waals surface area (Å²) in [5, 5.41) is 12.0. The van der Waals surface area contributed by atoms with Gasteiger partial charge in [0.15, 0.2) is 0 Å². The fraction of sp³-hybridized carbons (Fsp3) is 0.579. The Bertz CT molecular complexity index is 639. The van der Waals surface area contributed by atoms with Gasteiger partial charge in [0.05, 0.1) is 25.0 Å². The molecule has 3 rings (SSSR count). The maximum absolute atomic E-state index is 12.3. The predicted molar refractivity (Wildman–Crippen MR) is 91.6 cm³/mol. The SMILES string of the molecule is COc1ccc(CNC(=O)C2CCC2C(=O)O)c(OC2CCCC2)c1. The number of hydrogen-bond acceptors (Lipinski definition) is 4. The fourth-order valence-corrected chi connectivity index (χ4v) is 3.53. The highest BCUT2D eigenvalue weighted by Crippen LogP contribution is 2.35. The van der Waals surface area contributed by atoms with Crippen LogP contribution in [0, 0.1) is 11.8 Å². The first-order chi connectivity index (χ1) is 12.1.